The van der Waals surface area contributed by atoms with Gasteiger partial charge in [0.25, 0.3) is 0 Å². The molecule has 1 saturated heterocycles. The average molecular weight is 331 g/mol. The van der Waals surface area contributed by atoms with Crippen molar-refractivity contribution in [3.05, 3.63) is 45.7 Å². The first-order valence-corrected chi connectivity index (χ1v) is 9.51. The Balaban J connectivity index is 1.46. The minimum atomic E-state index is -0.119. The first-order chi connectivity index (χ1) is 11.3. The SMILES string of the molecule is COC1Cc2sccc2C2(CCN(CC3=CC=CCC3)CC2)O1. The molecule has 1 fully saturated rings. The third-order valence-electron chi connectivity index (χ3n) is 5.40. The van der Waals surface area contributed by atoms with E-state index in [2.05, 4.69) is 34.6 Å². The van der Waals surface area contributed by atoms with Gasteiger partial charge in [-0.25, -0.2) is 0 Å². The van der Waals surface area contributed by atoms with Crippen molar-refractivity contribution in [1.82, 2.24) is 4.90 Å². The minimum absolute atomic E-state index is 0.0844. The number of nitrogens with zero attached hydrogens (tertiary/aromatic N) is 1. The fourth-order valence-electron chi connectivity index (χ4n) is 4.08. The number of piperidine rings is 1. The normalized spacial score (nSPS) is 27.0. The highest BCUT2D eigenvalue weighted by Crippen LogP contribution is 2.45. The fourth-order valence-corrected chi connectivity index (χ4v) is 5.06. The summed E-state index contributed by atoms with van der Waals surface area (Å²) in [6.07, 6.45) is 12.1. The van der Waals surface area contributed by atoms with Gasteiger partial charge in [-0.1, -0.05) is 23.8 Å². The minimum Gasteiger partial charge on any atom is -0.355 e. The smallest absolute Gasteiger partial charge is 0.163 e. The van der Waals surface area contributed by atoms with Crippen LogP contribution in [-0.2, 0) is 21.5 Å². The van der Waals surface area contributed by atoms with Crippen molar-refractivity contribution in [2.24, 2.45) is 0 Å². The highest BCUT2D eigenvalue weighted by molar-refractivity contribution is 7.10. The van der Waals surface area contributed by atoms with Crippen molar-refractivity contribution in [3.8, 4) is 0 Å². The van der Waals surface area contributed by atoms with Crippen LogP contribution in [0.4, 0.5) is 0 Å². The first kappa shape index (κ1) is 15.6. The number of ether oxygens (including phenoxy) is 2. The van der Waals surface area contributed by atoms with Gasteiger partial charge in [0.2, 0.25) is 0 Å². The van der Waals surface area contributed by atoms with E-state index in [1.54, 1.807) is 12.7 Å². The molecule has 0 bridgehead atoms. The summed E-state index contributed by atoms with van der Waals surface area (Å²) in [4.78, 5) is 4.04. The van der Waals surface area contributed by atoms with Crippen molar-refractivity contribution in [2.75, 3.05) is 26.7 Å². The Bertz CT molecular complexity index is 611. The van der Waals surface area contributed by atoms with E-state index in [4.69, 9.17) is 9.47 Å². The summed E-state index contributed by atoms with van der Waals surface area (Å²) >= 11 is 1.85. The number of thiophene rings is 1. The Labute approximate surface area is 142 Å². The molecule has 0 aromatic carbocycles. The zero-order valence-electron chi connectivity index (χ0n) is 13.8. The van der Waals surface area contributed by atoms with Gasteiger partial charge in [0, 0.05) is 38.0 Å². The van der Waals surface area contributed by atoms with Crippen molar-refractivity contribution >= 4 is 11.3 Å². The third kappa shape index (κ3) is 3.05. The van der Waals surface area contributed by atoms with Crippen LogP contribution in [0.1, 0.15) is 36.1 Å². The molecule has 1 atom stereocenters. The van der Waals surface area contributed by atoms with Crippen LogP contribution in [0, 0.1) is 0 Å². The predicted octanol–water partition coefficient (Wildman–Crippen LogP) is 3.86. The highest BCUT2D eigenvalue weighted by atomic mass is 32.1. The molecular formula is C19H25NO2S. The molecule has 0 N–H and O–H groups in total. The number of rotatable bonds is 3. The maximum atomic E-state index is 6.42. The Kier molecular flexibility index (Phi) is 4.41. The van der Waals surface area contributed by atoms with E-state index < -0.39 is 0 Å². The molecule has 4 rings (SSSR count). The molecule has 1 aromatic heterocycles. The topological polar surface area (TPSA) is 21.7 Å². The second kappa shape index (κ2) is 6.52. The van der Waals surface area contributed by atoms with Gasteiger partial charge in [-0.15, -0.1) is 11.3 Å². The summed E-state index contributed by atoms with van der Waals surface area (Å²) in [7, 11) is 1.76. The van der Waals surface area contributed by atoms with E-state index in [9.17, 15) is 0 Å². The zero-order valence-corrected chi connectivity index (χ0v) is 14.6. The summed E-state index contributed by atoms with van der Waals surface area (Å²) in [6.45, 7) is 3.32. The Hall–Kier alpha value is -0.940. The molecule has 1 unspecified atom stereocenters. The molecule has 3 aliphatic rings. The van der Waals surface area contributed by atoms with E-state index >= 15 is 0 Å². The van der Waals surface area contributed by atoms with Gasteiger partial charge in [-0.3, -0.25) is 4.90 Å². The summed E-state index contributed by atoms with van der Waals surface area (Å²) in [5.41, 5.74) is 2.88. The molecule has 0 amide bonds. The van der Waals surface area contributed by atoms with Crippen molar-refractivity contribution in [3.63, 3.8) is 0 Å². The van der Waals surface area contributed by atoms with E-state index in [1.807, 2.05) is 11.3 Å². The molecule has 0 saturated carbocycles. The first-order valence-electron chi connectivity index (χ1n) is 8.63. The van der Waals surface area contributed by atoms with Crippen LogP contribution in [0.15, 0.2) is 35.2 Å². The summed E-state index contributed by atoms with van der Waals surface area (Å²) in [5, 5.41) is 2.21. The number of hydrogen-bond acceptors (Lipinski definition) is 4. The van der Waals surface area contributed by atoms with Crippen LogP contribution in [0.5, 0.6) is 0 Å². The lowest BCUT2D eigenvalue weighted by Gasteiger charge is -2.46. The Morgan fingerprint density at radius 2 is 2.26 bits per heavy atom. The average Bonchev–Trinajstić information content (AvgIpc) is 3.07. The standard InChI is InChI=1S/C19H25NO2S/c1-21-18-13-17-16(7-12-23-17)19(22-18)8-10-20(11-9-19)14-15-5-3-2-4-6-15/h2-3,5,7,12,18H,4,6,8-11,13-14H2,1H3. The molecule has 3 nitrogen and oxygen atoms in total. The van der Waals surface area contributed by atoms with Gasteiger partial charge in [0.15, 0.2) is 6.29 Å². The number of methoxy groups -OCH3 is 1. The lowest BCUT2D eigenvalue weighted by molar-refractivity contribution is -0.226. The largest absolute Gasteiger partial charge is 0.355 e. The van der Waals surface area contributed by atoms with Gasteiger partial charge in [0.1, 0.15) is 0 Å². The van der Waals surface area contributed by atoms with Crippen LogP contribution >= 0.6 is 11.3 Å². The van der Waals surface area contributed by atoms with Gasteiger partial charge >= 0.3 is 0 Å². The second-order valence-electron chi connectivity index (χ2n) is 6.81. The quantitative estimate of drug-likeness (QED) is 0.839. The molecule has 1 spiro atoms. The predicted molar refractivity (Wildman–Crippen MR) is 93.7 cm³/mol. The van der Waals surface area contributed by atoms with Gasteiger partial charge in [-0.2, -0.15) is 0 Å². The van der Waals surface area contributed by atoms with Crippen LogP contribution in [0.25, 0.3) is 0 Å². The van der Waals surface area contributed by atoms with E-state index in [1.165, 1.54) is 23.3 Å². The van der Waals surface area contributed by atoms with Gasteiger partial charge in [0.05, 0.1) is 5.60 Å². The highest BCUT2D eigenvalue weighted by Gasteiger charge is 2.44. The lowest BCUT2D eigenvalue weighted by Crippen LogP contribution is -2.49. The van der Waals surface area contributed by atoms with E-state index in [0.717, 1.165) is 38.9 Å². The van der Waals surface area contributed by atoms with Crippen molar-refractivity contribution < 1.29 is 9.47 Å². The number of hydrogen-bond donors (Lipinski definition) is 0. The molecule has 124 valence electrons. The Morgan fingerprint density at radius 1 is 1.39 bits per heavy atom. The monoisotopic (exact) mass is 331 g/mol. The van der Waals surface area contributed by atoms with Crippen molar-refractivity contribution in [2.45, 2.75) is 44.0 Å². The molecule has 1 aromatic rings. The molecule has 1 aliphatic carbocycles. The van der Waals surface area contributed by atoms with Gasteiger partial charge < -0.3 is 9.47 Å². The summed E-state index contributed by atoms with van der Waals surface area (Å²) in [6, 6.07) is 2.27. The van der Waals surface area contributed by atoms with Crippen LogP contribution in [0.2, 0.25) is 0 Å². The van der Waals surface area contributed by atoms with Crippen LogP contribution < -0.4 is 0 Å². The van der Waals surface area contributed by atoms with Crippen LogP contribution in [-0.4, -0.2) is 37.9 Å². The molecule has 23 heavy (non-hydrogen) atoms. The third-order valence-corrected chi connectivity index (χ3v) is 6.34. The fraction of sp³-hybridized carbons (Fsp3) is 0.579. The van der Waals surface area contributed by atoms with Gasteiger partial charge in [-0.05, 0) is 42.7 Å². The number of likely N-dealkylation sites (tertiary alicyclic amines) is 1. The lowest BCUT2D eigenvalue weighted by atomic mass is 9.82. The maximum Gasteiger partial charge on any atom is 0.163 e. The van der Waals surface area contributed by atoms with Crippen molar-refractivity contribution in [1.29, 1.82) is 0 Å². The molecule has 0 radical (unpaired) electrons. The molecule has 3 heterocycles. The molecular weight excluding hydrogens is 306 g/mol. The summed E-state index contributed by atoms with van der Waals surface area (Å²) in [5.74, 6) is 0. The number of fused-ring (bicyclic) bond motifs is 2. The molecule has 2 aliphatic heterocycles. The zero-order chi connectivity index (χ0) is 15.7. The molecule has 4 heteroatoms. The second-order valence-corrected chi connectivity index (χ2v) is 7.81. The summed E-state index contributed by atoms with van der Waals surface area (Å²) < 4.78 is 12.0. The maximum absolute atomic E-state index is 6.42. The van der Waals surface area contributed by atoms with Crippen LogP contribution in [0.3, 0.4) is 0 Å². The number of allylic oxidation sites excluding steroid dienone is 3. The Morgan fingerprint density at radius 3 is 3.00 bits per heavy atom. The van der Waals surface area contributed by atoms with E-state index in [-0.39, 0.29) is 11.9 Å². The van der Waals surface area contributed by atoms with E-state index in [0.29, 0.717) is 0 Å².